The molecule has 3 rings (SSSR count). The number of aryl methyl sites for hydroxylation is 2. The molecule has 1 saturated heterocycles. The van der Waals surface area contributed by atoms with Gasteiger partial charge in [0.25, 0.3) is 0 Å². The van der Waals surface area contributed by atoms with Crippen LogP contribution in [0.25, 0.3) is 0 Å². The zero-order valence-electron chi connectivity index (χ0n) is 13.3. The van der Waals surface area contributed by atoms with Gasteiger partial charge in [-0.3, -0.25) is 4.90 Å². The first-order chi connectivity index (χ1) is 11.0. The average Bonchev–Trinajstić information content (AvgIpc) is 3.00. The van der Waals surface area contributed by atoms with Gasteiger partial charge in [-0.15, -0.1) is 0 Å². The number of rotatable bonds is 4. The van der Waals surface area contributed by atoms with Gasteiger partial charge in [0.15, 0.2) is 5.82 Å². The standard InChI is InChI=1S/C15H20N4O3S/c1-12-3-4-14(13(2)9-12)23(20,21)19-7-5-18(6-8-19)10-15-16-11-22-17-15/h3-4,9,11H,5-8,10H2,1-2H3. The van der Waals surface area contributed by atoms with Crippen LogP contribution in [0.3, 0.4) is 0 Å². The molecule has 0 radical (unpaired) electrons. The lowest BCUT2D eigenvalue weighted by Crippen LogP contribution is -2.48. The van der Waals surface area contributed by atoms with Crippen molar-refractivity contribution < 1.29 is 12.9 Å². The van der Waals surface area contributed by atoms with Crippen molar-refractivity contribution >= 4 is 10.0 Å². The maximum Gasteiger partial charge on any atom is 0.243 e. The van der Waals surface area contributed by atoms with Gasteiger partial charge in [-0.2, -0.15) is 9.29 Å². The summed E-state index contributed by atoms with van der Waals surface area (Å²) in [4.78, 5) is 6.52. The van der Waals surface area contributed by atoms with Gasteiger partial charge < -0.3 is 4.52 Å². The van der Waals surface area contributed by atoms with Gasteiger partial charge in [-0.1, -0.05) is 22.9 Å². The second-order valence-electron chi connectivity index (χ2n) is 5.80. The molecule has 0 spiro atoms. The molecule has 1 aliphatic rings. The minimum Gasteiger partial charge on any atom is -0.343 e. The predicted molar refractivity (Wildman–Crippen MR) is 84.2 cm³/mol. The molecule has 7 nitrogen and oxygen atoms in total. The van der Waals surface area contributed by atoms with Gasteiger partial charge in [0.2, 0.25) is 16.4 Å². The Morgan fingerprint density at radius 1 is 1.17 bits per heavy atom. The summed E-state index contributed by atoms with van der Waals surface area (Å²) < 4.78 is 31.9. The van der Waals surface area contributed by atoms with E-state index in [0.717, 1.165) is 11.1 Å². The Morgan fingerprint density at radius 2 is 1.91 bits per heavy atom. The lowest BCUT2D eigenvalue weighted by molar-refractivity contribution is 0.176. The smallest absolute Gasteiger partial charge is 0.243 e. The normalized spacial score (nSPS) is 17.5. The number of nitrogens with zero attached hydrogens (tertiary/aromatic N) is 4. The Morgan fingerprint density at radius 3 is 2.52 bits per heavy atom. The summed E-state index contributed by atoms with van der Waals surface area (Å²) in [6, 6.07) is 5.44. The molecule has 1 aromatic carbocycles. The lowest BCUT2D eigenvalue weighted by Gasteiger charge is -2.33. The summed E-state index contributed by atoms with van der Waals surface area (Å²) in [5.41, 5.74) is 1.85. The summed E-state index contributed by atoms with van der Waals surface area (Å²) in [5, 5.41) is 3.79. The van der Waals surface area contributed by atoms with Crippen LogP contribution in [0.1, 0.15) is 17.0 Å². The van der Waals surface area contributed by atoms with E-state index in [0.29, 0.717) is 43.4 Å². The highest BCUT2D eigenvalue weighted by Crippen LogP contribution is 2.22. The van der Waals surface area contributed by atoms with Gasteiger partial charge in [-0.25, -0.2) is 8.42 Å². The van der Waals surface area contributed by atoms with Gasteiger partial charge >= 0.3 is 0 Å². The largest absolute Gasteiger partial charge is 0.343 e. The van der Waals surface area contributed by atoms with E-state index in [1.807, 2.05) is 26.0 Å². The molecule has 0 atom stereocenters. The van der Waals surface area contributed by atoms with Gasteiger partial charge in [0, 0.05) is 26.2 Å². The number of piperazine rings is 1. The van der Waals surface area contributed by atoms with E-state index in [1.54, 1.807) is 10.4 Å². The van der Waals surface area contributed by atoms with Gasteiger partial charge in [0.1, 0.15) is 0 Å². The first-order valence-electron chi connectivity index (χ1n) is 7.52. The van der Waals surface area contributed by atoms with Crippen molar-refractivity contribution in [1.29, 1.82) is 0 Å². The third kappa shape index (κ3) is 3.44. The molecule has 23 heavy (non-hydrogen) atoms. The predicted octanol–water partition coefficient (Wildman–Crippen LogP) is 1.19. The summed E-state index contributed by atoms with van der Waals surface area (Å²) in [7, 11) is -3.44. The Bertz CT molecular complexity index is 766. The van der Waals surface area contributed by atoms with Crippen molar-refractivity contribution in [2.45, 2.75) is 25.3 Å². The topological polar surface area (TPSA) is 79.5 Å². The molecule has 1 fully saturated rings. The SMILES string of the molecule is Cc1ccc(S(=O)(=O)N2CCN(Cc3ncon3)CC2)c(C)c1. The number of aromatic nitrogens is 2. The van der Waals surface area contributed by atoms with Crippen LogP contribution in [0.5, 0.6) is 0 Å². The highest BCUT2D eigenvalue weighted by atomic mass is 32.2. The number of hydrogen-bond acceptors (Lipinski definition) is 6. The molecule has 0 unspecified atom stereocenters. The fourth-order valence-corrected chi connectivity index (χ4v) is 4.45. The third-order valence-electron chi connectivity index (χ3n) is 4.05. The molecule has 0 bridgehead atoms. The molecule has 124 valence electrons. The molecule has 0 amide bonds. The zero-order chi connectivity index (χ0) is 16.4. The van der Waals surface area contributed by atoms with Crippen LogP contribution >= 0.6 is 0 Å². The molecule has 0 aliphatic carbocycles. The number of benzene rings is 1. The Hall–Kier alpha value is -1.77. The number of sulfonamides is 1. The monoisotopic (exact) mass is 336 g/mol. The molecule has 0 saturated carbocycles. The van der Waals surface area contributed by atoms with E-state index in [1.165, 1.54) is 6.39 Å². The molecule has 2 heterocycles. The fraction of sp³-hybridized carbons (Fsp3) is 0.467. The van der Waals surface area contributed by atoms with Crippen molar-refractivity contribution in [2.24, 2.45) is 0 Å². The lowest BCUT2D eigenvalue weighted by atomic mass is 10.2. The maximum atomic E-state index is 12.8. The van der Waals surface area contributed by atoms with E-state index in [4.69, 9.17) is 4.52 Å². The quantitative estimate of drug-likeness (QED) is 0.834. The third-order valence-corrected chi connectivity index (χ3v) is 6.11. The van der Waals surface area contributed by atoms with Crippen molar-refractivity contribution in [3.63, 3.8) is 0 Å². The highest BCUT2D eigenvalue weighted by Gasteiger charge is 2.29. The zero-order valence-corrected chi connectivity index (χ0v) is 14.1. The first kappa shape index (κ1) is 16.1. The summed E-state index contributed by atoms with van der Waals surface area (Å²) in [6.07, 6.45) is 1.30. The Balaban J connectivity index is 1.68. The van der Waals surface area contributed by atoms with Crippen LogP contribution in [0.15, 0.2) is 34.0 Å². The van der Waals surface area contributed by atoms with Crippen molar-refractivity contribution in [2.75, 3.05) is 26.2 Å². The first-order valence-corrected chi connectivity index (χ1v) is 8.96. The molecular weight excluding hydrogens is 316 g/mol. The average molecular weight is 336 g/mol. The Labute approximate surface area is 136 Å². The van der Waals surface area contributed by atoms with Crippen LogP contribution in [0.4, 0.5) is 0 Å². The summed E-state index contributed by atoms with van der Waals surface area (Å²) >= 11 is 0. The second-order valence-corrected chi connectivity index (χ2v) is 7.70. The fourth-order valence-electron chi connectivity index (χ4n) is 2.82. The van der Waals surface area contributed by atoms with Crippen LogP contribution < -0.4 is 0 Å². The summed E-state index contributed by atoms with van der Waals surface area (Å²) in [5.74, 6) is 0.621. The van der Waals surface area contributed by atoms with Gasteiger partial charge in [-0.05, 0) is 25.5 Å². The van der Waals surface area contributed by atoms with Crippen LogP contribution in [0.2, 0.25) is 0 Å². The molecule has 0 N–H and O–H groups in total. The molecule has 8 heteroatoms. The summed E-state index contributed by atoms with van der Waals surface area (Å²) in [6.45, 7) is 6.61. The minimum atomic E-state index is -3.44. The van der Waals surface area contributed by atoms with E-state index < -0.39 is 10.0 Å². The minimum absolute atomic E-state index is 0.398. The van der Waals surface area contributed by atoms with Crippen molar-refractivity contribution in [3.05, 3.63) is 41.5 Å². The van der Waals surface area contributed by atoms with E-state index >= 15 is 0 Å². The molecule has 2 aromatic rings. The maximum absolute atomic E-state index is 12.8. The molecule has 1 aromatic heterocycles. The van der Waals surface area contributed by atoms with Crippen LogP contribution in [-0.4, -0.2) is 53.9 Å². The van der Waals surface area contributed by atoms with Crippen molar-refractivity contribution in [1.82, 2.24) is 19.3 Å². The van der Waals surface area contributed by atoms with Crippen LogP contribution in [-0.2, 0) is 16.6 Å². The van der Waals surface area contributed by atoms with E-state index in [2.05, 4.69) is 15.0 Å². The van der Waals surface area contributed by atoms with Crippen molar-refractivity contribution in [3.8, 4) is 0 Å². The van der Waals surface area contributed by atoms with Gasteiger partial charge in [0.05, 0.1) is 11.4 Å². The second kappa shape index (κ2) is 6.38. The highest BCUT2D eigenvalue weighted by molar-refractivity contribution is 7.89. The van der Waals surface area contributed by atoms with Crippen LogP contribution in [0, 0.1) is 13.8 Å². The number of hydrogen-bond donors (Lipinski definition) is 0. The molecular formula is C15H20N4O3S. The van der Waals surface area contributed by atoms with E-state index in [-0.39, 0.29) is 0 Å². The molecule has 1 aliphatic heterocycles. The van der Waals surface area contributed by atoms with E-state index in [9.17, 15) is 8.42 Å². The Kier molecular flexibility index (Phi) is 4.47.